The Morgan fingerprint density at radius 2 is 1.84 bits per heavy atom. The molecule has 15 heteroatoms. The number of hydrogen-bond acceptors (Lipinski definition) is 11. The molecule has 4 heterocycles. The van der Waals surface area contributed by atoms with Crippen molar-refractivity contribution in [3.05, 3.63) is 112 Å². The van der Waals surface area contributed by atoms with Crippen molar-refractivity contribution in [3.8, 4) is 40.2 Å². The minimum atomic E-state index is -4.16. The van der Waals surface area contributed by atoms with Crippen LogP contribution >= 0.6 is 11.6 Å². The van der Waals surface area contributed by atoms with E-state index in [2.05, 4.69) is 26.8 Å². The number of carbonyl (C=O) groups is 1. The van der Waals surface area contributed by atoms with Gasteiger partial charge in [0.25, 0.3) is 15.9 Å². The Morgan fingerprint density at radius 3 is 2.64 bits per heavy atom. The number of carbonyl (C=O) groups excluding carboxylic acids is 1. The van der Waals surface area contributed by atoms with Crippen molar-refractivity contribution in [2.45, 2.75) is 57.0 Å². The molecule has 1 atom stereocenters. The Kier molecular flexibility index (Phi) is 11.2. The zero-order valence-corrected chi connectivity index (χ0v) is 31.9. The Labute approximate surface area is 324 Å². The van der Waals surface area contributed by atoms with Gasteiger partial charge in [0.15, 0.2) is 16.5 Å². The topological polar surface area (TPSA) is 158 Å². The fourth-order valence-electron chi connectivity index (χ4n) is 6.73. The second-order valence-corrected chi connectivity index (χ2v) is 15.5. The Balaban J connectivity index is 1.13. The maximum Gasteiger partial charge on any atom is 0.283 e. The molecule has 1 N–H and O–H groups in total. The van der Waals surface area contributed by atoms with Crippen molar-refractivity contribution in [2.24, 2.45) is 7.05 Å². The highest BCUT2D eigenvalue weighted by Gasteiger charge is 2.33. The molecule has 2 aliphatic rings. The monoisotopic (exact) mass is 782 g/mol. The molecular weight excluding hydrogens is 744 g/mol. The van der Waals surface area contributed by atoms with E-state index in [-0.39, 0.29) is 24.8 Å². The third kappa shape index (κ3) is 8.70. The van der Waals surface area contributed by atoms with Gasteiger partial charge in [0.1, 0.15) is 44.0 Å². The maximum atomic E-state index is 13.5. The van der Waals surface area contributed by atoms with Crippen LogP contribution in [0.2, 0.25) is 5.02 Å². The summed E-state index contributed by atoms with van der Waals surface area (Å²) in [6.07, 6.45) is 7.83. The number of hydrogen-bond donors (Lipinski definition) is 1. The highest BCUT2D eigenvalue weighted by Crippen LogP contribution is 2.38. The van der Waals surface area contributed by atoms with E-state index in [9.17, 15) is 18.5 Å². The number of nitrogens with one attached hydrogen (secondary N) is 1. The average Bonchev–Trinajstić information content (AvgIpc) is 3.65. The third-order valence-corrected chi connectivity index (χ3v) is 11.1. The predicted octanol–water partition coefficient (Wildman–Crippen LogP) is 6.10. The van der Waals surface area contributed by atoms with E-state index in [0.717, 1.165) is 40.8 Å². The summed E-state index contributed by atoms with van der Waals surface area (Å²) in [4.78, 5) is 23.5. The van der Waals surface area contributed by atoms with Crippen LogP contribution in [0.25, 0.3) is 11.1 Å². The molecule has 284 valence electrons. The minimum Gasteiger partial charge on any atom is -0.488 e. The lowest BCUT2D eigenvalue weighted by atomic mass is 9.96. The fraction of sp³-hybridized carbons (Fsp3) is 0.300. The van der Waals surface area contributed by atoms with Crippen molar-refractivity contribution < 1.29 is 32.2 Å². The van der Waals surface area contributed by atoms with Gasteiger partial charge in [-0.3, -0.25) is 14.7 Å². The number of rotatable bonds is 12. The van der Waals surface area contributed by atoms with E-state index in [1.807, 2.05) is 42.2 Å². The van der Waals surface area contributed by atoms with Crippen LogP contribution in [-0.4, -0.2) is 59.6 Å². The lowest BCUT2D eigenvalue weighted by Crippen LogP contribution is -2.50. The summed E-state index contributed by atoms with van der Waals surface area (Å²) in [6, 6.07) is 18.5. The van der Waals surface area contributed by atoms with Gasteiger partial charge in [-0.05, 0) is 72.8 Å². The van der Waals surface area contributed by atoms with E-state index in [1.54, 1.807) is 31.4 Å². The second-order valence-electron chi connectivity index (χ2n) is 13.4. The molecule has 1 amide bonds. The van der Waals surface area contributed by atoms with E-state index < -0.39 is 22.0 Å². The standard InChI is InChI=1S/C40H39ClN6O7S/c1-26-30(6-5-7-32(26)29-9-10-35-38(16-29)52-13-12-51-35)24-54-37-17-36(53-23-28-14-27(18-42)19-43-20-28)31(15-33(37)41)21-47-11-4-3-8-34(47)40(48)45-55(49,50)39-22-46(2)25-44-39/h5-7,9-10,14-17,19-20,22,25,34H,3-4,8,11-13,21,23-24H2,1-2H3,(H,45,48). The molecule has 3 aromatic carbocycles. The van der Waals surface area contributed by atoms with Gasteiger partial charge in [0.2, 0.25) is 0 Å². The van der Waals surface area contributed by atoms with E-state index in [4.69, 9.17) is 30.5 Å². The van der Waals surface area contributed by atoms with Crippen LogP contribution in [0.15, 0.2) is 84.5 Å². The first kappa shape index (κ1) is 37.7. The van der Waals surface area contributed by atoms with Gasteiger partial charge in [-0.2, -0.15) is 13.7 Å². The second kappa shape index (κ2) is 16.4. The largest absolute Gasteiger partial charge is 0.488 e. The summed E-state index contributed by atoms with van der Waals surface area (Å²) in [5, 5.41) is 9.50. The van der Waals surface area contributed by atoms with Crippen molar-refractivity contribution in [1.29, 1.82) is 5.26 Å². The number of nitriles is 1. The highest BCUT2D eigenvalue weighted by atomic mass is 35.5. The molecule has 2 aliphatic heterocycles. The summed E-state index contributed by atoms with van der Waals surface area (Å²) in [5.41, 5.74) is 5.78. The minimum absolute atomic E-state index is 0.0967. The number of imidazole rings is 1. The number of halogens is 1. The lowest BCUT2D eigenvalue weighted by molar-refractivity contribution is -0.126. The normalized spacial score (nSPS) is 15.6. The van der Waals surface area contributed by atoms with Gasteiger partial charge in [-0.1, -0.05) is 42.3 Å². The number of nitrogens with zero attached hydrogens (tertiary/aromatic N) is 5. The molecule has 5 aromatic rings. The van der Waals surface area contributed by atoms with Crippen LogP contribution in [0.1, 0.15) is 47.1 Å². The molecule has 0 saturated carbocycles. The van der Waals surface area contributed by atoms with Crippen molar-refractivity contribution in [3.63, 3.8) is 0 Å². The van der Waals surface area contributed by atoms with Gasteiger partial charge < -0.3 is 23.5 Å². The number of benzene rings is 3. The zero-order chi connectivity index (χ0) is 38.5. The van der Waals surface area contributed by atoms with E-state index in [0.29, 0.717) is 65.1 Å². The molecule has 0 bridgehead atoms. The van der Waals surface area contributed by atoms with Gasteiger partial charge in [0.05, 0.1) is 23.0 Å². The first-order valence-corrected chi connectivity index (χ1v) is 19.6. The smallest absolute Gasteiger partial charge is 0.283 e. The third-order valence-electron chi connectivity index (χ3n) is 9.60. The molecule has 1 unspecified atom stereocenters. The predicted molar refractivity (Wildman–Crippen MR) is 203 cm³/mol. The van der Waals surface area contributed by atoms with Crippen molar-refractivity contribution in [1.82, 2.24) is 24.2 Å². The number of pyridine rings is 1. The van der Waals surface area contributed by atoms with Gasteiger partial charge >= 0.3 is 0 Å². The number of aryl methyl sites for hydroxylation is 1. The Hall–Kier alpha value is -5.62. The molecule has 0 aliphatic carbocycles. The number of ether oxygens (including phenoxy) is 4. The first-order valence-electron chi connectivity index (χ1n) is 17.8. The van der Waals surface area contributed by atoms with Gasteiger partial charge in [-0.15, -0.1) is 0 Å². The summed E-state index contributed by atoms with van der Waals surface area (Å²) in [6.45, 7) is 4.17. The van der Waals surface area contributed by atoms with Gasteiger partial charge in [-0.25, -0.2) is 9.71 Å². The number of fused-ring (bicyclic) bond motifs is 1. The molecule has 1 fully saturated rings. The Bertz CT molecular complexity index is 2380. The lowest BCUT2D eigenvalue weighted by Gasteiger charge is -2.35. The summed E-state index contributed by atoms with van der Waals surface area (Å²) in [7, 11) is -2.52. The number of amides is 1. The number of aromatic nitrogens is 3. The van der Waals surface area contributed by atoms with Gasteiger partial charge in [0, 0.05) is 49.4 Å². The molecule has 0 spiro atoms. The summed E-state index contributed by atoms with van der Waals surface area (Å²) >= 11 is 6.89. The number of sulfonamides is 1. The van der Waals surface area contributed by atoms with Crippen molar-refractivity contribution >= 4 is 27.5 Å². The molecular formula is C40H39ClN6O7S. The molecule has 1 saturated heterocycles. The molecule has 55 heavy (non-hydrogen) atoms. The number of likely N-dealkylation sites (tertiary alicyclic amines) is 1. The van der Waals surface area contributed by atoms with Crippen molar-refractivity contribution in [2.75, 3.05) is 19.8 Å². The molecule has 13 nitrogen and oxygen atoms in total. The quantitative estimate of drug-likeness (QED) is 0.156. The zero-order valence-electron chi connectivity index (χ0n) is 30.3. The SMILES string of the molecule is Cc1c(COc2cc(OCc3cncc(C#N)c3)c(CN3CCCCC3C(=O)NS(=O)(=O)c3cn(C)cn3)cc2Cl)cccc1-c1ccc2c(c1)OCCO2. The van der Waals surface area contributed by atoms with Crippen LogP contribution in [0.4, 0.5) is 0 Å². The van der Waals surface area contributed by atoms with E-state index in [1.165, 1.54) is 23.3 Å². The molecule has 7 rings (SSSR count). The van der Waals surface area contributed by atoms with Crippen LogP contribution in [-0.2, 0) is 41.6 Å². The summed E-state index contributed by atoms with van der Waals surface area (Å²) in [5.74, 6) is 1.65. The molecule has 2 aromatic heterocycles. The van der Waals surface area contributed by atoms with Crippen LogP contribution < -0.4 is 23.7 Å². The fourth-order valence-corrected chi connectivity index (χ4v) is 7.97. The maximum absolute atomic E-state index is 13.5. The average molecular weight is 783 g/mol. The molecule has 0 radical (unpaired) electrons. The highest BCUT2D eigenvalue weighted by molar-refractivity contribution is 7.90. The number of piperidine rings is 1. The van der Waals surface area contributed by atoms with E-state index >= 15 is 0 Å². The summed E-state index contributed by atoms with van der Waals surface area (Å²) < 4.78 is 53.9. The first-order chi connectivity index (χ1) is 26.6. The van der Waals surface area contributed by atoms with Crippen LogP contribution in [0, 0.1) is 18.3 Å². The van der Waals surface area contributed by atoms with Crippen LogP contribution in [0.3, 0.4) is 0 Å². The Morgan fingerprint density at radius 1 is 1.02 bits per heavy atom. The van der Waals surface area contributed by atoms with Crippen LogP contribution in [0.5, 0.6) is 23.0 Å².